The number of halogens is 1. The number of nitriles is 1. The molecule has 0 amide bonds. The first-order chi connectivity index (χ1) is 9.19. The Labute approximate surface area is 121 Å². The van der Waals surface area contributed by atoms with Gasteiger partial charge in [0, 0.05) is 12.1 Å². The Balaban J connectivity index is 3.33. The lowest BCUT2D eigenvalue weighted by atomic mass is 10.2. The summed E-state index contributed by atoms with van der Waals surface area (Å²) < 4.78 is 26.5. The van der Waals surface area contributed by atoms with Crippen LogP contribution in [0.25, 0.3) is 0 Å². The average molecular weight is 318 g/mol. The summed E-state index contributed by atoms with van der Waals surface area (Å²) in [5, 5.41) is 18.9. The van der Waals surface area contributed by atoms with Crippen LogP contribution in [0.15, 0.2) is 17.0 Å². The molecule has 7 nitrogen and oxygen atoms in total. The normalized spacial score (nSPS) is 12.7. The average Bonchev–Trinajstić information content (AvgIpc) is 2.30. The fraction of sp³-hybridized carbons (Fsp3) is 0.364. The van der Waals surface area contributed by atoms with E-state index in [9.17, 15) is 18.5 Å². The first kappa shape index (κ1) is 16.4. The van der Waals surface area contributed by atoms with Crippen molar-refractivity contribution in [1.82, 2.24) is 4.72 Å². The summed E-state index contributed by atoms with van der Waals surface area (Å²) in [5.74, 6) is 0. The van der Waals surface area contributed by atoms with Gasteiger partial charge in [0.05, 0.1) is 17.4 Å². The minimum Gasteiger partial charge on any atom is -0.258 e. The van der Waals surface area contributed by atoms with Gasteiger partial charge in [0.2, 0.25) is 10.0 Å². The lowest BCUT2D eigenvalue weighted by Gasteiger charge is -2.12. The Morgan fingerprint density at radius 3 is 2.65 bits per heavy atom. The summed E-state index contributed by atoms with van der Waals surface area (Å²) in [5.41, 5.74) is -0.0746. The number of nitrogens with one attached hydrogen (secondary N) is 1. The molecule has 20 heavy (non-hydrogen) atoms. The molecule has 0 saturated carbocycles. The van der Waals surface area contributed by atoms with Crippen LogP contribution in [0, 0.1) is 28.4 Å². The number of hydrogen-bond acceptors (Lipinski definition) is 5. The molecule has 0 bridgehead atoms. The zero-order chi connectivity index (χ0) is 15.5. The van der Waals surface area contributed by atoms with Crippen molar-refractivity contribution in [2.45, 2.75) is 31.2 Å². The van der Waals surface area contributed by atoms with Gasteiger partial charge in [0.1, 0.15) is 9.92 Å². The first-order valence-electron chi connectivity index (χ1n) is 5.53. The monoisotopic (exact) mass is 317 g/mol. The highest BCUT2D eigenvalue weighted by atomic mass is 35.5. The highest BCUT2D eigenvalue weighted by Crippen LogP contribution is 2.32. The van der Waals surface area contributed by atoms with Crippen molar-refractivity contribution in [2.24, 2.45) is 0 Å². The van der Waals surface area contributed by atoms with Gasteiger partial charge < -0.3 is 0 Å². The summed E-state index contributed by atoms with van der Waals surface area (Å²) in [6.45, 7) is 3.04. The molecule has 0 radical (unpaired) electrons. The number of nitrogens with zero attached hydrogens (tertiary/aromatic N) is 2. The number of rotatable bonds is 5. The zero-order valence-corrected chi connectivity index (χ0v) is 12.3. The molecule has 1 aromatic carbocycles. The molecule has 9 heteroatoms. The zero-order valence-electron chi connectivity index (χ0n) is 10.8. The summed E-state index contributed by atoms with van der Waals surface area (Å²) >= 11 is 5.79. The molecule has 0 aliphatic heterocycles. The second-order valence-corrected chi connectivity index (χ2v) is 6.30. The van der Waals surface area contributed by atoms with E-state index in [1.165, 1.54) is 26.0 Å². The van der Waals surface area contributed by atoms with E-state index in [0.29, 0.717) is 5.56 Å². The quantitative estimate of drug-likeness (QED) is 0.660. The Morgan fingerprint density at radius 2 is 2.15 bits per heavy atom. The van der Waals surface area contributed by atoms with Gasteiger partial charge in [-0.3, -0.25) is 10.1 Å². The second kappa shape index (κ2) is 6.17. The highest BCUT2D eigenvalue weighted by Gasteiger charge is 2.26. The highest BCUT2D eigenvalue weighted by molar-refractivity contribution is 7.89. The van der Waals surface area contributed by atoms with Gasteiger partial charge in [-0.2, -0.15) is 5.26 Å². The molecule has 0 aliphatic carbocycles. The molecule has 0 unspecified atom stereocenters. The minimum absolute atomic E-state index is 0.0231. The van der Waals surface area contributed by atoms with Crippen molar-refractivity contribution < 1.29 is 13.3 Å². The molecule has 1 aromatic rings. The molecule has 0 spiro atoms. The van der Waals surface area contributed by atoms with Gasteiger partial charge in [0.25, 0.3) is 5.69 Å². The number of nitro groups is 1. The van der Waals surface area contributed by atoms with Crippen molar-refractivity contribution in [1.29, 1.82) is 5.26 Å². The van der Waals surface area contributed by atoms with E-state index >= 15 is 0 Å². The van der Waals surface area contributed by atoms with Crippen LogP contribution in [0.4, 0.5) is 5.69 Å². The van der Waals surface area contributed by atoms with Gasteiger partial charge in [-0.25, -0.2) is 13.1 Å². The van der Waals surface area contributed by atoms with Crippen molar-refractivity contribution in [3.8, 4) is 6.07 Å². The summed E-state index contributed by atoms with van der Waals surface area (Å²) in [6, 6.07) is 3.65. The number of benzene rings is 1. The number of sulfonamides is 1. The smallest absolute Gasteiger partial charge is 0.258 e. The van der Waals surface area contributed by atoms with E-state index in [1.807, 2.05) is 6.07 Å². The largest absolute Gasteiger partial charge is 0.289 e. The Hall–Kier alpha value is -1.69. The third-order valence-electron chi connectivity index (χ3n) is 2.40. The SMILES string of the molecule is Cc1cc([N+](=O)[O-])c(Cl)c(S(=O)(=O)N[C@H](C)CC#N)c1. The Morgan fingerprint density at radius 1 is 1.55 bits per heavy atom. The minimum atomic E-state index is -4.03. The van der Waals surface area contributed by atoms with Gasteiger partial charge in [-0.05, 0) is 25.5 Å². The summed E-state index contributed by atoms with van der Waals surface area (Å²) in [6.07, 6.45) is -0.0231. The van der Waals surface area contributed by atoms with Crippen LogP contribution in [-0.4, -0.2) is 19.4 Å². The molecule has 0 saturated heterocycles. The molecule has 0 fully saturated rings. The van der Waals surface area contributed by atoms with Gasteiger partial charge in [-0.15, -0.1) is 0 Å². The van der Waals surface area contributed by atoms with Crippen molar-refractivity contribution in [3.63, 3.8) is 0 Å². The molecule has 1 N–H and O–H groups in total. The maximum atomic E-state index is 12.1. The molecule has 0 aromatic heterocycles. The van der Waals surface area contributed by atoms with Crippen molar-refractivity contribution in [3.05, 3.63) is 32.8 Å². The lowest BCUT2D eigenvalue weighted by Crippen LogP contribution is -2.32. The van der Waals surface area contributed by atoms with E-state index in [2.05, 4.69) is 4.72 Å². The molecule has 0 heterocycles. The molecular weight excluding hydrogens is 306 g/mol. The van der Waals surface area contributed by atoms with Crippen LogP contribution in [0.1, 0.15) is 18.9 Å². The van der Waals surface area contributed by atoms with Gasteiger partial charge in [0.15, 0.2) is 0 Å². The topological polar surface area (TPSA) is 113 Å². The molecular formula is C11H12ClN3O4S. The van der Waals surface area contributed by atoms with Crippen LogP contribution in [0.3, 0.4) is 0 Å². The number of aryl methyl sites for hydroxylation is 1. The van der Waals surface area contributed by atoms with E-state index in [0.717, 1.165) is 0 Å². The van der Waals surface area contributed by atoms with Crippen LogP contribution in [0.5, 0.6) is 0 Å². The standard InChI is InChI=1S/C11H12ClN3O4S/c1-7-5-9(15(16)17)11(12)10(6-7)20(18,19)14-8(2)3-4-13/h5-6,8,14H,3H2,1-2H3/t8-/m1/s1. The predicted molar refractivity (Wildman–Crippen MR) is 72.9 cm³/mol. The first-order valence-corrected chi connectivity index (χ1v) is 7.39. The Bertz CT molecular complexity index is 682. The van der Waals surface area contributed by atoms with E-state index in [1.54, 1.807) is 0 Å². The third kappa shape index (κ3) is 3.66. The van der Waals surface area contributed by atoms with Crippen molar-refractivity contribution >= 4 is 27.3 Å². The fourth-order valence-electron chi connectivity index (χ4n) is 1.55. The van der Waals surface area contributed by atoms with Crippen LogP contribution in [-0.2, 0) is 10.0 Å². The van der Waals surface area contributed by atoms with E-state index in [4.69, 9.17) is 16.9 Å². The van der Waals surface area contributed by atoms with Gasteiger partial charge in [-0.1, -0.05) is 11.6 Å². The lowest BCUT2D eigenvalue weighted by molar-refractivity contribution is -0.385. The predicted octanol–water partition coefficient (Wildman–Crippen LogP) is 2.14. The van der Waals surface area contributed by atoms with Gasteiger partial charge >= 0.3 is 0 Å². The maximum Gasteiger partial charge on any atom is 0.289 e. The molecule has 108 valence electrons. The summed E-state index contributed by atoms with van der Waals surface area (Å²) in [7, 11) is -4.03. The number of hydrogen-bond donors (Lipinski definition) is 1. The van der Waals surface area contributed by atoms with Crippen LogP contribution >= 0.6 is 11.6 Å². The Kier molecular flexibility index (Phi) is 5.05. The fourth-order valence-corrected chi connectivity index (χ4v) is 3.46. The number of nitro benzene ring substituents is 1. The van der Waals surface area contributed by atoms with Crippen LogP contribution < -0.4 is 4.72 Å². The van der Waals surface area contributed by atoms with Crippen molar-refractivity contribution in [2.75, 3.05) is 0 Å². The summed E-state index contributed by atoms with van der Waals surface area (Å²) in [4.78, 5) is 9.73. The maximum absolute atomic E-state index is 12.1. The van der Waals surface area contributed by atoms with E-state index < -0.39 is 31.7 Å². The molecule has 0 aliphatic rings. The second-order valence-electron chi connectivity index (χ2n) is 4.24. The van der Waals surface area contributed by atoms with E-state index in [-0.39, 0.29) is 11.3 Å². The van der Waals surface area contributed by atoms with Crippen LogP contribution in [0.2, 0.25) is 5.02 Å². The molecule has 1 rings (SSSR count). The molecule has 1 atom stereocenters. The third-order valence-corrected chi connectivity index (χ3v) is 4.53.